The molecule has 0 aliphatic carbocycles. The van der Waals surface area contributed by atoms with Gasteiger partial charge >= 0.3 is 0 Å². The fourth-order valence-electron chi connectivity index (χ4n) is 3.39. The SMILES string of the molecule is CCC(C)NC(=O)CN1CCN(C(=O)c2cc(C)nc3ccccc23)CC1. The Morgan fingerprint density at radius 1 is 1.19 bits per heavy atom. The molecular weight excluding hydrogens is 340 g/mol. The van der Waals surface area contributed by atoms with Crippen molar-refractivity contribution in [1.29, 1.82) is 0 Å². The second kappa shape index (κ2) is 8.48. The third-order valence-corrected chi connectivity index (χ3v) is 5.12. The zero-order chi connectivity index (χ0) is 19.4. The first-order valence-corrected chi connectivity index (χ1v) is 9.65. The molecule has 1 N–H and O–H groups in total. The van der Waals surface area contributed by atoms with Crippen molar-refractivity contribution in [2.75, 3.05) is 32.7 Å². The molecule has 6 nitrogen and oxygen atoms in total. The molecule has 2 heterocycles. The standard InChI is InChI=1S/C21H28N4O2/c1-4-15(2)23-20(26)14-24-9-11-25(12-10-24)21(27)18-13-16(3)22-19-8-6-5-7-17(18)19/h5-8,13,15H,4,9-12,14H2,1-3H3,(H,23,26). The minimum Gasteiger partial charge on any atom is -0.353 e. The Bertz CT molecular complexity index is 828. The molecular formula is C21H28N4O2. The molecule has 1 unspecified atom stereocenters. The molecule has 1 saturated heterocycles. The van der Waals surface area contributed by atoms with E-state index in [0.29, 0.717) is 38.3 Å². The summed E-state index contributed by atoms with van der Waals surface area (Å²) >= 11 is 0. The van der Waals surface area contributed by atoms with Crippen molar-refractivity contribution < 1.29 is 9.59 Å². The van der Waals surface area contributed by atoms with E-state index >= 15 is 0 Å². The van der Waals surface area contributed by atoms with Gasteiger partial charge in [0, 0.05) is 43.3 Å². The van der Waals surface area contributed by atoms with E-state index in [1.165, 1.54) is 0 Å². The van der Waals surface area contributed by atoms with E-state index in [9.17, 15) is 9.59 Å². The van der Waals surface area contributed by atoms with Crippen LogP contribution in [0.2, 0.25) is 0 Å². The normalized spacial score (nSPS) is 16.3. The first-order valence-electron chi connectivity index (χ1n) is 9.65. The Hall–Kier alpha value is -2.47. The van der Waals surface area contributed by atoms with Crippen molar-refractivity contribution in [3.05, 3.63) is 41.6 Å². The van der Waals surface area contributed by atoms with Crippen molar-refractivity contribution in [3.63, 3.8) is 0 Å². The number of piperazine rings is 1. The van der Waals surface area contributed by atoms with Gasteiger partial charge in [-0.05, 0) is 32.4 Å². The Kier molecular flexibility index (Phi) is 6.06. The number of para-hydroxylation sites is 1. The summed E-state index contributed by atoms with van der Waals surface area (Å²) < 4.78 is 0. The van der Waals surface area contributed by atoms with Gasteiger partial charge < -0.3 is 10.2 Å². The van der Waals surface area contributed by atoms with Gasteiger partial charge in [0.25, 0.3) is 5.91 Å². The number of carbonyl (C=O) groups excluding carboxylic acids is 2. The molecule has 1 atom stereocenters. The summed E-state index contributed by atoms with van der Waals surface area (Å²) in [6, 6.07) is 9.83. The number of aryl methyl sites for hydroxylation is 1. The van der Waals surface area contributed by atoms with Gasteiger partial charge in [-0.25, -0.2) is 0 Å². The molecule has 1 aromatic heterocycles. The third kappa shape index (κ3) is 4.63. The molecule has 1 fully saturated rings. The maximum atomic E-state index is 13.1. The van der Waals surface area contributed by atoms with Crippen LogP contribution in [0.25, 0.3) is 10.9 Å². The summed E-state index contributed by atoms with van der Waals surface area (Å²) in [4.78, 5) is 33.6. The molecule has 0 radical (unpaired) electrons. The lowest BCUT2D eigenvalue weighted by Gasteiger charge is -2.34. The molecule has 1 aromatic carbocycles. The smallest absolute Gasteiger partial charge is 0.254 e. The van der Waals surface area contributed by atoms with Gasteiger partial charge in [0.05, 0.1) is 17.6 Å². The maximum Gasteiger partial charge on any atom is 0.254 e. The molecule has 3 rings (SSSR count). The van der Waals surface area contributed by atoms with Gasteiger partial charge in [0.2, 0.25) is 5.91 Å². The van der Waals surface area contributed by atoms with Gasteiger partial charge in [-0.15, -0.1) is 0 Å². The molecule has 0 saturated carbocycles. The highest BCUT2D eigenvalue weighted by atomic mass is 16.2. The molecule has 1 aliphatic heterocycles. The van der Waals surface area contributed by atoms with Crippen molar-refractivity contribution >= 4 is 22.7 Å². The highest BCUT2D eigenvalue weighted by molar-refractivity contribution is 6.06. The quantitative estimate of drug-likeness (QED) is 0.879. The van der Waals surface area contributed by atoms with Crippen molar-refractivity contribution in [3.8, 4) is 0 Å². The minimum atomic E-state index is 0.0420. The topological polar surface area (TPSA) is 65.5 Å². The van der Waals surface area contributed by atoms with Crippen LogP contribution < -0.4 is 5.32 Å². The lowest BCUT2D eigenvalue weighted by atomic mass is 10.1. The highest BCUT2D eigenvalue weighted by Crippen LogP contribution is 2.20. The summed E-state index contributed by atoms with van der Waals surface area (Å²) in [5, 5.41) is 3.89. The third-order valence-electron chi connectivity index (χ3n) is 5.12. The summed E-state index contributed by atoms with van der Waals surface area (Å²) in [6.45, 7) is 9.05. The monoisotopic (exact) mass is 368 g/mol. The van der Waals surface area contributed by atoms with Crippen LogP contribution in [0.3, 0.4) is 0 Å². The van der Waals surface area contributed by atoms with Crippen LogP contribution in [-0.4, -0.2) is 65.4 Å². The Labute approximate surface area is 160 Å². The van der Waals surface area contributed by atoms with E-state index in [1.807, 2.05) is 49.1 Å². The largest absolute Gasteiger partial charge is 0.353 e. The number of carbonyl (C=O) groups is 2. The molecule has 144 valence electrons. The lowest BCUT2D eigenvalue weighted by molar-refractivity contribution is -0.123. The number of aromatic nitrogens is 1. The fourth-order valence-corrected chi connectivity index (χ4v) is 3.39. The van der Waals surface area contributed by atoms with Crippen LogP contribution in [0.4, 0.5) is 0 Å². The fraction of sp³-hybridized carbons (Fsp3) is 0.476. The zero-order valence-corrected chi connectivity index (χ0v) is 16.4. The Morgan fingerprint density at radius 2 is 1.89 bits per heavy atom. The second-order valence-corrected chi connectivity index (χ2v) is 7.27. The van der Waals surface area contributed by atoms with Crippen molar-refractivity contribution in [1.82, 2.24) is 20.1 Å². The lowest BCUT2D eigenvalue weighted by Crippen LogP contribution is -2.51. The summed E-state index contributed by atoms with van der Waals surface area (Å²) in [6.07, 6.45) is 0.924. The highest BCUT2D eigenvalue weighted by Gasteiger charge is 2.25. The van der Waals surface area contributed by atoms with Crippen LogP contribution in [0.1, 0.15) is 36.3 Å². The molecule has 0 spiro atoms. The summed E-state index contributed by atoms with van der Waals surface area (Å²) in [5.74, 6) is 0.0975. The number of rotatable bonds is 5. The first kappa shape index (κ1) is 19.3. The molecule has 2 amide bonds. The number of nitrogens with one attached hydrogen (secondary N) is 1. The number of fused-ring (bicyclic) bond motifs is 1. The van der Waals surface area contributed by atoms with Crippen LogP contribution in [0.15, 0.2) is 30.3 Å². The Balaban J connectivity index is 1.63. The first-order chi connectivity index (χ1) is 13.0. The molecule has 6 heteroatoms. The van der Waals surface area contributed by atoms with Crippen molar-refractivity contribution in [2.45, 2.75) is 33.2 Å². The average Bonchev–Trinajstić information content (AvgIpc) is 2.67. The van der Waals surface area contributed by atoms with E-state index in [0.717, 1.165) is 23.0 Å². The summed E-state index contributed by atoms with van der Waals surface area (Å²) in [5.41, 5.74) is 2.40. The number of amides is 2. The van der Waals surface area contributed by atoms with Gasteiger partial charge in [-0.2, -0.15) is 0 Å². The van der Waals surface area contributed by atoms with Gasteiger partial charge in [-0.1, -0.05) is 25.1 Å². The minimum absolute atomic E-state index is 0.0420. The van der Waals surface area contributed by atoms with E-state index in [-0.39, 0.29) is 17.9 Å². The number of benzene rings is 1. The van der Waals surface area contributed by atoms with Crippen LogP contribution in [0.5, 0.6) is 0 Å². The predicted octanol–water partition coefficient (Wildman–Crippen LogP) is 2.22. The molecule has 0 bridgehead atoms. The zero-order valence-electron chi connectivity index (χ0n) is 16.4. The van der Waals surface area contributed by atoms with Gasteiger partial charge in [-0.3, -0.25) is 19.5 Å². The van der Waals surface area contributed by atoms with E-state index < -0.39 is 0 Å². The van der Waals surface area contributed by atoms with Gasteiger partial charge in [0.1, 0.15) is 0 Å². The maximum absolute atomic E-state index is 13.1. The second-order valence-electron chi connectivity index (χ2n) is 7.27. The van der Waals surface area contributed by atoms with Crippen LogP contribution in [0, 0.1) is 6.92 Å². The van der Waals surface area contributed by atoms with Crippen molar-refractivity contribution in [2.24, 2.45) is 0 Å². The number of hydrogen-bond acceptors (Lipinski definition) is 4. The molecule has 27 heavy (non-hydrogen) atoms. The predicted molar refractivity (Wildman–Crippen MR) is 107 cm³/mol. The number of nitrogens with zero attached hydrogens (tertiary/aromatic N) is 3. The van der Waals surface area contributed by atoms with Crippen LogP contribution >= 0.6 is 0 Å². The van der Waals surface area contributed by atoms with Crippen LogP contribution in [-0.2, 0) is 4.79 Å². The molecule has 1 aliphatic rings. The number of pyridine rings is 1. The Morgan fingerprint density at radius 3 is 2.59 bits per heavy atom. The van der Waals surface area contributed by atoms with E-state index in [2.05, 4.69) is 22.1 Å². The average molecular weight is 368 g/mol. The summed E-state index contributed by atoms with van der Waals surface area (Å²) in [7, 11) is 0. The van der Waals surface area contributed by atoms with E-state index in [4.69, 9.17) is 0 Å². The van der Waals surface area contributed by atoms with E-state index in [1.54, 1.807) is 0 Å². The van der Waals surface area contributed by atoms with Gasteiger partial charge in [0.15, 0.2) is 0 Å². The number of hydrogen-bond donors (Lipinski definition) is 1. The molecule has 2 aromatic rings.